The highest BCUT2D eigenvalue weighted by Gasteiger charge is 2.22. The zero-order valence-corrected chi connectivity index (χ0v) is 12.6. The fraction of sp³-hybridized carbons (Fsp3) is 0.769. The lowest BCUT2D eigenvalue weighted by atomic mass is 9.81. The van der Waals surface area contributed by atoms with E-state index in [0.29, 0.717) is 18.0 Å². The Labute approximate surface area is 120 Å². The number of aliphatic hydroxyl groups is 1. The van der Waals surface area contributed by atoms with Crippen molar-refractivity contribution in [1.29, 1.82) is 0 Å². The molecule has 2 unspecified atom stereocenters. The number of H-pyrrole nitrogens is 1. The predicted octanol–water partition coefficient (Wildman–Crippen LogP) is 1.40. The average Bonchev–Trinajstić information content (AvgIpc) is 2.87. The maximum absolute atomic E-state index is 12.1. The first-order valence-electron chi connectivity index (χ1n) is 7.15. The molecule has 1 saturated carbocycles. The Morgan fingerprint density at radius 2 is 2.30 bits per heavy atom. The zero-order valence-electron chi connectivity index (χ0n) is 11.8. The summed E-state index contributed by atoms with van der Waals surface area (Å²) in [7, 11) is -3.60. The normalized spacial score (nSPS) is 23.9. The molecule has 1 aliphatic carbocycles. The van der Waals surface area contributed by atoms with Gasteiger partial charge in [0.25, 0.3) is 10.0 Å². The van der Waals surface area contributed by atoms with Crippen molar-refractivity contribution >= 4 is 10.0 Å². The van der Waals surface area contributed by atoms with E-state index < -0.39 is 10.0 Å². The van der Waals surface area contributed by atoms with Crippen molar-refractivity contribution < 1.29 is 13.5 Å². The van der Waals surface area contributed by atoms with Gasteiger partial charge in [0.2, 0.25) is 0 Å². The molecular formula is C13H23N3O3S. The maximum atomic E-state index is 12.1. The minimum atomic E-state index is -3.60. The summed E-state index contributed by atoms with van der Waals surface area (Å²) in [6, 6.07) is 0. The molecule has 1 aliphatic rings. The molecule has 2 atom stereocenters. The number of aliphatic hydroxyl groups excluding tert-OH is 1. The third-order valence-electron chi connectivity index (χ3n) is 4.01. The molecular weight excluding hydrogens is 278 g/mol. The molecule has 0 amide bonds. The van der Waals surface area contributed by atoms with Gasteiger partial charge < -0.3 is 5.11 Å². The fourth-order valence-corrected chi connectivity index (χ4v) is 4.10. The molecule has 114 valence electrons. The highest BCUT2D eigenvalue weighted by atomic mass is 32.2. The van der Waals surface area contributed by atoms with E-state index >= 15 is 0 Å². The summed E-state index contributed by atoms with van der Waals surface area (Å²) in [4.78, 5) is 0. The Kier molecular flexibility index (Phi) is 5.17. The zero-order chi connectivity index (χ0) is 14.6. The van der Waals surface area contributed by atoms with Gasteiger partial charge in [-0.2, -0.15) is 5.10 Å². The van der Waals surface area contributed by atoms with Crippen LogP contribution in [0.5, 0.6) is 0 Å². The number of sulfonamides is 1. The molecule has 6 nitrogen and oxygen atoms in total. The van der Waals surface area contributed by atoms with Gasteiger partial charge in [-0.05, 0) is 24.7 Å². The molecule has 3 N–H and O–H groups in total. The number of nitrogens with one attached hydrogen (secondary N) is 2. The van der Waals surface area contributed by atoms with E-state index in [1.54, 1.807) is 0 Å². The molecule has 1 aromatic heterocycles. The van der Waals surface area contributed by atoms with Crippen LogP contribution in [0, 0.1) is 11.8 Å². The Morgan fingerprint density at radius 1 is 1.50 bits per heavy atom. The smallest absolute Gasteiger partial charge is 0.257 e. The number of nitrogens with zero attached hydrogens (tertiary/aromatic N) is 1. The van der Waals surface area contributed by atoms with Crippen LogP contribution in [0.1, 0.15) is 44.6 Å². The van der Waals surface area contributed by atoms with Crippen molar-refractivity contribution in [2.45, 2.75) is 50.7 Å². The van der Waals surface area contributed by atoms with E-state index in [-0.39, 0.29) is 11.6 Å². The Bertz CT molecular complexity index is 527. The number of hydrogen-bond acceptors (Lipinski definition) is 4. The molecule has 1 heterocycles. The molecule has 0 bridgehead atoms. The van der Waals surface area contributed by atoms with Gasteiger partial charge in [0.05, 0.1) is 12.8 Å². The number of aromatic nitrogens is 2. The average molecular weight is 301 g/mol. The lowest BCUT2D eigenvalue weighted by Gasteiger charge is -2.26. The summed E-state index contributed by atoms with van der Waals surface area (Å²) in [5.41, 5.74) is 0.295. The van der Waals surface area contributed by atoms with Crippen molar-refractivity contribution in [2.75, 3.05) is 6.54 Å². The van der Waals surface area contributed by atoms with Gasteiger partial charge in [-0.3, -0.25) is 5.10 Å². The molecule has 1 fully saturated rings. The first-order valence-corrected chi connectivity index (χ1v) is 8.64. The molecule has 2 rings (SSSR count). The standard InChI is InChI=1S/C13H23N3O3S/c1-10-3-2-4-11(7-10)5-6-15-20(18,19)13-12(9-17)8-14-16-13/h8,10-11,15,17H,2-7,9H2,1H3,(H,14,16). The molecule has 0 spiro atoms. The second kappa shape index (κ2) is 6.69. The molecule has 0 aliphatic heterocycles. The third kappa shape index (κ3) is 3.80. The van der Waals surface area contributed by atoms with E-state index in [2.05, 4.69) is 21.8 Å². The first kappa shape index (κ1) is 15.5. The van der Waals surface area contributed by atoms with E-state index in [0.717, 1.165) is 12.3 Å². The minimum absolute atomic E-state index is 0.0305. The first-order chi connectivity index (χ1) is 9.53. The predicted molar refractivity (Wildman–Crippen MR) is 75.4 cm³/mol. The van der Waals surface area contributed by atoms with Crippen LogP contribution >= 0.6 is 0 Å². The topological polar surface area (TPSA) is 95.1 Å². The van der Waals surface area contributed by atoms with Crippen LogP contribution in [0.4, 0.5) is 0 Å². The van der Waals surface area contributed by atoms with Gasteiger partial charge >= 0.3 is 0 Å². The summed E-state index contributed by atoms with van der Waals surface area (Å²) in [5, 5.41) is 15.1. The minimum Gasteiger partial charge on any atom is -0.392 e. The van der Waals surface area contributed by atoms with E-state index in [4.69, 9.17) is 5.11 Å². The SMILES string of the molecule is CC1CCCC(CCNS(=O)(=O)c2[nH]ncc2CO)C1. The van der Waals surface area contributed by atoms with Crippen LogP contribution < -0.4 is 4.72 Å². The Balaban J connectivity index is 1.87. The summed E-state index contributed by atoms with van der Waals surface area (Å²) < 4.78 is 26.8. The maximum Gasteiger partial charge on any atom is 0.257 e. The quantitative estimate of drug-likeness (QED) is 0.740. The molecule has 0 aromatic carbocycles. The van der Waals surface area contributed by atoms with E-state index in [9.17, 15) is 8.42 Å². The van der Waals surface area contributed by atoms with Crippen molar-refractivity contribution in [1.82, 2.24) is 14.9 Å². The highest BCUT2D eigenvalue weighted by Crippen LogP contribution is 2.30. The van der Waals surface area contributed by atoms with Crippen molar-refractivity contribution in [3.63, 3.8) is 0 Å². The number of aromatic amines is 1. The molecule has 0 saturated heterocycles. The van der Waals surface area contributed by atoms with Gasteiger partial charge in [0.1, 0.15) is 0 Å². The Morgan fingerprint density at radius 3 is 3.00 bits per heavy atom. The monoisotopic (exact) mass is 301 g/mol. The van der Waals surface area contributed by atoms with Crippen molar-refractivity contribution in [2.24, 2.45) is 11.8 Å². The summed E-state index contributed by atoms with van der Waals surface area (Å²) in [6.45, 7) is 2.35. The summed E-state index contributed by atoms with van der Waals surface area (Å²) in [5.74, 6) is 1.36. The van der Waals surface area contributed by atoms with Crippen molar-refractivity contribution in [3.05, 3.63) is 11.8 Å². The van der Waals surface area contributed by atoms with Crippen LogP contribution in [0.15, 0.2) is 11.2 Å². The molecule has 0 radical (unpaired) electrons. The van der Waals surface area contributed by atoms with Gasteiger partial charge in [-0.1, -0.05) is 26.2 Å². The molecule has 7 heteroatoms. The van der Waals surface area contributed by atoms with Crippen LogP contribution in [-0.2, 0) is 16.6 Å². The van der Waals surface area contributed by atoms with Gasteiger partial charge in [-0.15, -0.1) is 0 Å². The number of rotatable bonds is 6. The highest BCUT2D eigenvalue weighted by molar-refractivity contribution is 7.89. The second-order valence-electron chi connectivity index (χ2n) is 5.71. The van der Waals surface area contributed by atoms with Crippen LogP contribution in [-0.4, -0.2) is 30.3 Å². The molecule has 1 aromatic rings. The van der Waals surface area contributed by atoms with Crippen LogP contribution in [0.3, 0.4) is 0 Å². The van der Waals surface area contributed by atoms with Gasteiger partial charge in [-0.25, -0.2) is 13.1 Å². The lowest BCUT2D eigenvalue weighted by molar-refractivity contribution is 0.270. The fourth-order valence-electron chi connectivity index (χ4n) is 2.94. The third-order valence-corrected chi connectivity index (χ3v) is 5.48. The van der Waals surface area contributed by atoms with Gasteiger partial charge in [0, 0.05) is 12.1 Å². The van der Waals surface area contributed by atoms with Crippen LogP contribution in [0.2, 0.25) is 0 Å². The van der Waals surface area contributed by atoms with Crippen LogP contribution in [0.25, 0.3) is 0 Å². The van der Waals surface area contributed by atoms with E-state index in [1.165, 1.54) is 31.9 Å². The second-order valence-corrected chi connectivity index (χ2v) is 7.41. The summed E-state index contributed by atoms with van der Waals surface area (Å²) in [6.07, 6.45) is 7.11. The number of hydrogen-bond donors (Lipinski definition) is 3. The van der Waals surface area contributed by atoms with Gasteiger partial charge in [0.15, 0.2) is 5.03 Å². The largest absolute Gasteiger partial charge is 0.392 e. The summed E-state index contributed by atoms with van der Waals surface area (Å²) >= 11 is 0. The van der Waals surface area contributed by atoms with Crippen molar-refractivity contribution in [3.8, 4) is 0 Å². The molecule has 20 heavy (non-hydrogen) atoms. The lowest BCUT2D eigenvalue weighted by Crippen LogP contribution is -2.28. The van der Waals surface area contributed by atoms with E-state index in [1.807, 2.05) is 0 Å². The Hall–Kier alpha value is -0.920.